The van der Waals surface area contributed by atoms with E-state index in [1.54, 1.807) is 25.2 Å². The lowest BCUT2D eigenvalue weighted by molar-refractivity contribution is 0.0687. The Labute approximate surface area is 95.8 Å². The molecule has 0 radical (unpaired) electrons. The molecule has 0 aliphatic rings. The van der Waals surface area contributed by atoms with Gasteiger partial charge in [-0.05, 0) is 18.2 Å². The molecule has 1 aromatic heterocycles. The first-order valence-corrected chi connectivity index (χ1v) is 4.94. The number of aromatic nitrogens is 1. The highest BCUT2D eigenvalue weighted by atomic mass is 35.5. The third-order valence-corrected chi connectivity index (χ3v) is 2.77. The highest BCUT2D eigenvalue weighted by Gasteiger charge is 2.14. The second-order valence-electron chi connectivity index (χ2n) is 3.22. The van der Waals surface area contributed by atoms with E-state index in [9.17, 15) is 4.79 Å². The number of fused-ring (bicyclic) bond motifs is 1. The van der Waals surface area contributed by atoms with Gasteiger partial charge in [0.2, 0.25) is 0 Å². The molecular weight excluding hydrogens is 237 g/mol. The zero-order valence-electron chi connectivity index (χ0n) is 7.79. The number of carboxylic acid groups (broad SMARTS) is 1. The average Bonchev–Trinajstić information content (AvgIpc) is 2.42. The summed E-state index contributed by atoms with van der Waals surface area (Å²) in [5.41, 5.74) is 0.868. The summed E-state index contributed by atoms with van der Waals surface area (Å²) in [6.45, 7) is 0. The number of aromatic carboxylic acids is 1. The Morgan fingerprint density at radius 1 is 1.33 bits per heavy atom. The minimum atomic E-state index is -0.985. The van der Waals surface area contributed by atoms with Gasteiger partial charge in [-0.25, -0.2) is 4.79 Å². The lowest BCUT2D eigenvalue weighted by Gasteiger charge is -2.01. The molecule has 0 amide bonds. The van der Waals surface area contributed by atoms with Crippen molar-refractivity contribution in [3.8, 4) is 0 Å². The zero-order valence-corrected chi connectivity index (χ0v) is 9.30. The van der Waals surface area contributed by atoms with E-state index in [4.69, 9.17) is 28.3 Å². The lowest BCUT2D eigenvalue weighted by atomic mass is 10.2. The number of nitrogens with zero attached hydrogens (tertiary/aromatic N) is 1. The van der Waals surface area contributed by atoms with Crippen LogP contribution in [0.1, 0.15) is 10.5 Å². The second-order valence-corrected chi connectivity index (χ2v) is 4.06. The first-order chi connectivity index (χ1) is 7.00. The summed E-state index contributed by atoms with van der Waals surface area (Å²) in [5, 5.41) is 10.6. The Balaban J connectivity index is 2.88. The molecule has 0 aliphatic heterocycles. The summed E-state index contributed by atoms with van der Waals surface area (Å²) in [7, 11) is 1.66. The molecule has 0 saturated carbocycles. The molecule has 0 aliphatic carbocycles. The number of hydrogen-bond acceptors (Lipinski definition) is 1. The summed E-state index contributed by atoms with van der Waals surface area (Å²) < 4.78 is 1.54. The van der Waals surface area contributed by atoms with Crippen molar-refractivity contribution in [1.29, 1.82) is 0 Å². The number of carboxylic acids is 1. The lowest BCUT2D eigenvalue weighted by Crippen LogP contribution is -2.03. The predicted octanol–water partition coefficient (Wildman–Crippen LogP) is 3.18. The van der Waals surface area contributed by atoms with E-state index in [-0.39, 0.29) is 5.69 Å². The topological polar surface area (TPSA) is 42.2 Å². The van der Waals surface area contributed by atoms with Crippen LogP contribution in [0.2, 0.25) is 10.0 Å². The molecule has 3 nitrogen and oxygen atoms in total. The van der Waals surface area contributed by atoms with Gasteiger partial charge in [-0.3, -0.25) is 0 Å². The number of benzene rings is 1. The number of halogens is 2. The van der Waals surface area contributed by atoms with E-state index < -0.39 is 5.97 Å². The SMILES string of the molecule is Cn1c(C(=O)O)cc2cc(Cl)cc(Cl)c21. The van der Waals surface area contributed by atoms with Gasteiger partial charge in [-0.1, -0.05) is 23.2 Å². The van der Waals surface area contributed by atoms with Crippen LogP contribution in [0, 0.1) is 0 Å². The van der Waals surface area contributed by atoms with E-state index >= 15 is 0 Å². The zero-order chi connectivity index (χ0) is 11.2. The Bertz CT molecular complexity index is 560. The van der Waals surface area contributed by atoms with Crippen molar-refractivity contribution in [3.63, 3.8) is 0 Å². The Hall–Kier alpha value is -1.19. The second kappa shape index (κ2) is 3.43. The molecule has 1 N–H and O–H groups in total. The summed E-state index contributed by atoms with van der Waals surface area (Å²) in [6, 6.07) is 4.84. The summed E-state index contributed by atoms with van der Waals surface area (Å²) in [4.78, 5) is 10.9. The number of carbonyl (C=O) groups is 1. The summed E-state index contributed by atoms with van der Waals surface area (Å²) in [5.74, 6) is -0.985. The van der Waals surface area contributed by atoms with Crippen LogP contribution in [0.5, 0.6) is 0 Å². The molecule has 15 heavy (non-hydrogen) atoms. The molecule has 0 atom stereocenters. The molecule has 0 spiro atoms. The van der Waals surface area contributed by atoms with Gasteiger partial charge >= 0.3 is 5.97 Å². The summed E-state index contributed by atoms with van der Waals surface area (Å²) >= 11 is 11.8. The molecule has 78 valence electrons. The molecule has 2 rings (SSSR count). The Kier molecular flexibility index (Phi) is 2.37. The van der Waals surface area contributed by atoms with Crippen LogP contribution in [0.4, 0.5) is 0 Å². The van der Waals surface area contributed by atoms with Gasteiger partial charge in [0, 0.05) is 17.5 Å². The van der Waals surface area contributed by atoms with Crippen LogP contribution in [0.25, 0.3) is 10.9 Å². The minimum Gasteiger partial charge on any atom is -0.477 e. The molecule has 1 heterocycles. The first kappa shape index (κ1) is 10.3. The highest BCUT2D eigenvalue weighted by Crippen LogP contribution is 2.29. The van der Waals surface area contributed by atoms with Gasteiger partial charge in [0.15, 0.2) is 0 Å². The molecule has 2 aromatic rings. The minimum absolute atomic E-state index is 0.189. The van der Waals surface area contributed by atoms with Gasteiger partial charge < -0.3 is 9.67 Å². The Morgan fingerprint density at radius 2 is 2.00 bits per heavy atom. The van der Waals surface area contributed by atoms with Crippen LogP contribution in [-0.4, -0.2) is 15.6 Å². The molecular formula is C10H7Cl2NO2. The maximum atomic E-state index is 10.9. The van der Waals surface area contributed by atoms with Crippen molar-refractivity contribution in [1.82, 2.24) is 4.57 Å². The number of rotatable bonds is 1. The predicted molar refractivity (Wildman–Crippen MR) is 59.9 cm³/mol. The smallest absolute Gasteiger partial charge is 0.352 e. The molecule has 1 aromatic carbocycles. The quantitative estimate of drug-likeness (QED) is 0.836. The van der Waals surface area contributed by atoms with Crippen molar-refractivity contribution in [3.05, 3.63) is 33.9 Å². The monoisotopic (exact) mass is 243 g/mol. The molecule has 0 fully saturated rings. The maximum Gasteiger partial charge on any atom is 0.352 e. The highest BCUT2D eigenvalue weighted by molar-refractivity contribution is 6.38. The largest absolute Gasteiger partial charge is 0.477 e. The third kappa shape index (κ3) is 1.58. The van der Waals surface area contributed by atoms with Crippen molar-refractivity contribution >= 4 is 40.1 Å². The average molecular weight is 244 g/mol. The Morgan fingerprint density at radius 3 is 2.60 bits per heavy atom. The van der Waals surface area contributed by atoms with E-state index in [0.717, 1.165) is 5.39 Å². The fraction of sp³-hybridized carbons (Fsp3) is 0.100. The van der Waals surface area contributed by atoms with Gasteiger partial charge in [0.25, 0.3) is 0 Å². The van der Waals surface area contributed by atoms with Crippen LogP contribution >= 0.6 is 23.2 Å². The molecule has 0 unspecified atom stereocenters. The van der Waals surface area contributed by atoms with Crippen LogP contribution in [0.3, 0.4) is 0 Å². The van der Waals surface area contributed by atoms with Gasteiger partial charge in [-0.2, -0.15) is 0 Å². The van der Waals surface area contributed by atoms with E-state index in [1.165, 1.54) is 4.57 Å². The number of hydrogen-bond donors (Lipinski definition) is 1. The third-order valence-electron chi connectivity index (χ3n) is 2.27. The molecule has 0 saturated heterocycles. The van der Waals surface area contributed by atoms with E-state index in [2.05, 4.69) is 0 Å². The van der Waals surface area contributed by atoms with Crippen molar-refractivity contribution < 1.29 is 9.90 Å². The standard InChI is InChI=1S/C10H7Cl2NO2/c1-13-8(10(14)15)3-5-2-6(11)4-7(12)9(5)13/h2-4H,1H3,(H,14,15). The first-order valence-electron chi connectivity index (χ1n) is 4.18. The van der Waals surface area contributed by atoms with Gasteiger partial charge in [-0.15, -0.1) is 0 Å². The van der Waals surface area contributed by atoms with Crippen LogP contribution in [-0.2, 0) is 7.05 Å². The van der Waals surface area contributed by atoms with Crippen molar-refractivity contribution in [2.24, 2.45) is 7.05 Å². The van der Waals surface area contributed by atoms with Crippen LogP contribution < -0.4 is 0 Å². The molecule has 5 heteroatoms. The molecule has 0 bridgehead atoms. The van der Waals surface area contributed by atoms with Gasteiger partial charge in [0.1, 0.15) is 5.69 Å². The fourth-order valence-corrected chi connectivity index (χ4v) is 2.26. The van der Waals surface area contributed by atoms with Crippen molar-refractivity contribution in [2.75, 3.05) is 0 Å². The summed E-state index contributed by atoms with van der Waals surface area (Å²) in [6.07, 6.45) is 0. The van der Waals surface area contributed by atoms with Gasteiger partial charge in [0.05, 0.1) is 10.5 Å². The van der Waals surface area contributed by atoms with E-state index in [1.807, 2.05) is 0 Å². The fourth-order valence-electron chi connectivity index (χ4n) is 1.62. The number of aryl methyl sites for hydroxylation is 1. The normalized spacial score (nSPS) is 10.9. The van der Waals surface area contributed by atoms with Crippen LogP contribution in [0.15, 0.2) is 18.2 Å². The maximum absolute atomic E-state index is 10.9. The van der Waals surface area contributed by atoms with Crippen molar-refractivity contribution in [2.45, 2.75) is 0 Å². The van der Waals surface area contributed by atoms with E-state index in [0.29, 0.717) is 15.6 Å².